The summed E-state index contributed by atoms with van der Waals surface area (Å²) in [4.78, 5) is 0. The molecule has 1 nitrogen and oxygen atoms in total. The number of benzene rings is 2. The SMILES string of the molecule is CCCCOc1ccc(C#Cc2ccc(CCCC)c(F)c2F)cc1. The molecule has 0 aliphatic rings. The van der Waals surface area contributed by atoms with Gasteiger partial charge in [0, 0.05) is 5.56 Å². The predicted molar refractivity (Wildman–Crippen MR) is 97.8 cm³/mol. The molecule has 0 heterocycles. The number of hydrogen-bond donors (Lipinski definition) is 0. The van der Waals surface area contributed by atoms with E-state index >= 15 is 0 Å². The van der Waals surface area contributed by atoms with Crippen molar-refractivity contribution in [1.82, 2.24) is 0 Å². The second-order valence-corrected chi connectivity index (χ2v) is 5.98. The number of hydrogen-bond acceptors (Lipinski definition) is 1. The maximum atomic E-state index is 14.1. The standard InChI is InChI=1S/C22H24F2O/c1-3-5-7-18-12-13-19(22(24)21(18)23)11-8-17-9-14-20(15-10-17)25-16-6-4-2/h9-10,12-15H,3-7,16H2,1-2H3. The zero-order valence-corrected chi connectivity index (χ0v) is 14.9. The summed E-state index contributed by atoms with van der Waals surface area (Å²) in [6, 6.07) is 10.5. The van der Waals surface area contributed by atoms with Gasteiger partial charge in [-0.25, -0.2) is 8.78 Å². The molecular formula is C22H24F2O. The molecular weight excluding hydrogens is 318 g/mol. The molecule has 0 unspecified atom stereocenters. The average Bonchev–Trinajstić information content (AvgIpc) is 2.63. The van der Waals surface area contributed by atoms with Gasteiger partial charge in [-0.2, -0.15) is 0 Å². The van der Waals surface area contributed by atoms with Crippen LogP contribution in [0.2, 0.25) is 0 Å². The summed E-state index contributed by atoms with van der Waals surface area (Å²) < 4.78 is 33.8. The third kappa shape index (κ3) is 5.60. The molecule has 0 spiro atoms. The lowest BCUT2D eigenvalue weighted by atomic mass is 10.0. The topological polar surface area (TPSA) is 9.23 Å². The molecule has 0 aromatic heterocycles. The molecule has 25 heavy (non-hydrogen) atoms. The van der Waals surface area contributed by atoms with E-state index in [0.29, 0.717) is 18.6 Å². The van der Waals surface area contributed by atoms with E-state index in [1.807, 2.05) is 31.2 Å². The van der Waals surface area contributed by atoms with Crippen molar-refractivity contribution in [3.05, 3.63) is 64.7 Å². The fourth-order valence-electron chi connectivity index (χ4n) is 2.35. The highest BCUT2D eigenvalue weighted by Crippen LogP contribution is 2.18. The van der Waals surface area contributed by atoms with E-state index in [1.165, 1.54) is 0 Å². The Balaban J connectivity index is 2.08. The highest BCUT2D eigenvalue weighted by Gasteiger charge is 2.11. The Bertz CT molecular complexity index is 739. The molecule has 0 saturated carbocycles. The molecule has 0 radical (unpaired) electrons. The van der Waals surface area contributed by atoms with E-state index < -0.39 is 11.6 Å². The van der Waals surface area contributed by atoms with E-state index in [1.54, 1.807) is 12.1 Å². The molecule has 0 bridgehead atoms. The van der Waals surface area contributed by atoms with E-state index in [0.717, 1.165) is 37.0 Å². The molecule has 2 rings (SSSR count). The fraction of sp³-hybridized carbons (Fsp3) is 0.364. The Hall–Kier alpha value is -2.34. The predicted octanol–water partition coefficient (Wildman–Crippen LogP) is 5.89. The lowest BCUT2D eigenvalue weighted by molar-refractivity contribution is 0.309. The van der Waals surface area contributed by atoms with Gasteiger partial charge in [-0.15, -0.1) is 0 Å². The van der Waals surface area contributed by atoms with Gasteiger partial charge in [-0.05, 0) is 55.2 Å². The first-order valence-corrected chi connectivity index (χ1v) is 8.87. The molecule has 3 heteroatoms. The molecule has 0 aliphatic carbocycles. The highest BCUT2D eigenvalue weighted by molar-refractivity contribution is 5.45. The van der Waals surface area contributed by atoms with Crippen LogP contribution >= 0.6 is 0 Å². The van der Waals surface area contributed by atoms with Gasteiger partial charge in [0.25, 0.3) is 0 Å². The van der Waals surface area contributed by atoms with Crippen molar-refractivity contribution >= 4 is 0 Å². The zero-order chi connectivity index (χ0) is 18.1. The van der Waals surface area contributed by atoms with Crippen LogP contribution in [0.4, 0.5) is 8.78 Å². The maximum absolute atomic E-state index is 14.1. The lowest BCUT2D eigenvalue weighted by Gasteiger charge is -2.05. The second-order valence-electron chi connectivity index (χ2n) is 5.98. The number of ether oxygens (including phenoxy) is 1. The minimum Gasteiger partial charge on any atom is -0.494 e. The third-order valence-electron chi connectivity index (χ3n) is 3.92. The van der Waals surface area contributed by atoms with Gasteiger partial charge in [0.1, 0.15) is 5.75 Å². The van der Waals surface area contributed by atoms with Crippen molar-refractivity contribution in [2.24, 2.45) is 0 Å². The Kier molecular flexibility index (Phi) is 7.47. The summed E-state index contributed by atoms with van der Waals surface area (Å²) in [5.74, 6) is 4.74. The maximum Gasteiger partial charge on any atom is 0.174 e. The Morgan fingerprint density at radius 2 is 1.56 bits per heavy atom. The first kappa shape index (κ1) is 19.0. The van der Waals surface area contributed by atoms with Gasteiger partial charge >= 0.3 is 0 Å². The molecule has 132 valence electrons. The first-order chi connectivity index (χ1) is 12.2. The monoisotopic (exact) mass is 342 g/mol. The minimum absolute atomic E-state index is 0.0843. The smallest absolute Gasteiger partial charge is 0.174 e. The van der Waals surface area contributed by atoms with Crippen molar-refractivity contribution in [2.45, 2.75) is 46.0 Å². The van der Waals surface area contributed by atoms with Gasteiger partial charge in [-0.3, -0.25) is 0 Å². The van der Waals surface area contributed by atoms with Crippen molar-refractivity contribution in [3.63, 3.8) is 0 Å². The lowest BCUT2D eigenvalue weighted by Crippen LogP contribution is -1.97. The Morgan fingerprint density at radius 3 is 2.24 bits per heavy atom. The summed E-state index contributed by atoms with van der Waals surface area (Å²) in [6.07, 6.45) is 4.44. The van der Waals surface area contributed by atoms with Crippen LogP contribution in [0.3, 0.4) is 0 Å². The van der Waals surface area contributed by atoms with Crippen molar-refractivity contribution in [2.75, 3.05) is 6.61 Å². The summed E-state index contributed by atoms with van der Waals surface area (Å²) in [6.45, 7) is 4.82. The van der Waals surface area contributed by atoms with E-state index in [9.17, 15) is 8.78 Å². The molecule has 2 aromatic carbocycles. The van der Waals surface area contributed by atoms with Gasteiger partial charge < -0.3 is 4.74 Å². The van der Waals surface area contributed by atoms with Crippen molar-refractivity contribution in [3.8, 4) is 17.6 Å². The summed E-state index contributed by atoms with van der Waals surface area (Å²) >= 11 is 0. The molecule has 0 N–H and O–H groups in total. The van der Waals surface area contributed by atoms with Crippen LogP contribution in [0.5, 0.6) is 5.75 Å². The van der Waals surface area contributed by atoms with Crippen molar-refractivity contribution < 1.29 is 13.5 Å². The molecule has 0 amide bonds. The molecule has 0 fully saturated rings. The van der Waals surface area contributed by atoms with E-state index in [-0.39, 0.29) is 5.56 Å². The van der Waals surface area contributed by atoms with Crippen LogP contribution in [0.25, 0.3) is 0 Å². The third-order valence-corrected chi connectivity index (χ3v) is 3.92. The fourth-order valence-corrected chi connectivity index (χ4v) is 2.35. The minimum atomic E-state index is -0.861. The second kappa shape index (κ2) is 9.84. The number of aryl methyl sites for hydroxylation is 1. The number of rotatable bonds is 7. The largest absolute Gasteiger partial charge is 0.494 e. The van der Waals surface area contributed by atoms with Crippen LogP contribution in [0.15, 0.2) is 36.4 Å². The van der Waals surface area contributed by atoms with Gasteiger partial charge in [-0.1, -0.05) is 44.6 Å². The highest BCUT2D eigenvalue weighted by atomic mass is 19.2. The van der Waals surface area contributed by atoms with Crippen LogP contribution in [-0.4, -0.2) is 6.61 Å². The zero-order valence-electron chi connectivity index (χ0n) is 14.9. The van der Waals surface area contributed by atoms with Crippen molar-refractivity contribution in [1.29, 1.82) is 0 Å². The van der Waals surface area contributed by atoms with E-state index in [4.69, 9.17) is 4.74 Å². The van der Waals surface area contributed by atoms with Gasteiger partial charge in [0.15, 0.2) is 11.6 Å². The normalized spacial score (nSPS) is 10.2. The number of unbranched alkanes of at least 4 members (excludes halogenated alkanes) is 2. The summed E-state index contributed by atoms with van der Waals surface area (Å²) in [5, 5.41) is 0. The Labute approximate surface area is 149 Å². The molecule has 0 aliphatic heterocycles. The van der Waals surface area contributed by atoms with Gasteiger partial charge in [0.05, 0.1) is 12.2 Å². The Morgan fingerprint density at radius 1 is 0.840 bits per heavy atom. The van der Waals surface area contributed by atoms with Crippen LogP contribution in [0, 0.1) is 23.5 Å². The molecule has 0 atom stereocenters. The van der Waals surface area contributed by atoms with E-state index in [2.05, 4.69) is 18.8 Å². The number of halogens is 2. The molecule has 2 aromatic rings. The average molecular weight is 342 g/mol. The van der Waals surface area contributed by atoms with Crippen LogP contribution in [-0.2, 0) is 6.42 Å². The first-order valence-electron chi connectivity index (χ1n) is 8.87. The summed E-state index contributed by atoms with van der Waals surface area (Å²) in [5.41, 5.74) is 1.23. The van der Waals surface area contributed by atoms with Crippen LogP contribution < -0.4 is 4.74 Å². The molecule has 0 saturated heterocycles. The summed E-state index contributed by atoms with van der Waals surface area (Å²) in [7, 11) is 0. The van der Waals surface area contributed by atoms with Gasteiger partial charge in [0.2, 0.25) is 0 Å². The van der Waals surface area contributed by atoms with Crippen LogP contribution in [0.1, 0.15) is 56.2 Å². The quantitative estimate of drug-likeness (QED) is 0.450.